The molecule has 0 spiro atoms. The van der Waals surface area contributed by atoms with Crippen LogP contribution in [-0.2, 0) is 22.6 Å². The van der Waals surface area contributed by atoms with Gasteiger partial charge in [0.1, 0.15) is 24.7 Å². The van der Waals surface area contributed by atoms with Crippen molar-refractivity contribution >= 4 is 23.2 Å². The van der Waals surface area contributed by atoms with Crippen LogP contribution in [0.15, 0.2) is 58.5 Å². The SMILES string of the molecule is CC(C)c1ccc(OCC2c3ccsc3CCN2C(=O)CN(Cc2ccco2)C(=O)C2CC2)cc1. The molecule has 1 unspecified atom stereocenters. The van der Waals surface area contributed by atoms with Gasteiger partial charge in [-0.1, -0.05) is 26.0 Å². The summed E-state index contributed by atoms with van der Waals surface area (Å²) in [4.78, 5) is 31.4. The highest BCUT2D eigenvalue weighted by molar-refractivity contribution is 7.10. The predicted octanol–water partition coefficient (Wildman–Crippen LogP) is 5.41. The van der Waals surface area contributed by atoms with Crippen LogP contribution in [0.5, 0.6) is 5.75 Å². The molecule has 5 rings (SSSR count). The fourth-order valence-corrected chi connectivity index (χ4v) is 5.57. The molecule has 1 aliphatic carbocycles. The minimum Gasteiger partial charge on any atom is -0.491 e. The molecular weight excluding hydrogens is 460 g/mol. The van der Waals surface area contributed by atoms with Crippen molar-refractivity contribution in [3.05, 3.63) is 75.9 Å². The molecule has 0 bridgehead atoms. The van der Waals surface area contributed by atoms with E-state index in [-0.39, 0.29) is 30.3 Å². The van der Waals surface area contributed by atoms with E-state index >= 15 is 0 Å². The van der Waals surface area contributed by atoms with Crippen molar-refractivity contribution in [2.75, 3.05) is 19.7 Å². The Kier molecular flexibility index (Phi) is 6.95. The Bertz CT molecular complexity index is 1150. The fourth-order valence-electron chi connectivity index (χ4n) is 4.64. The lowest BCUT2D eigenvalue weighted by Gasteiger charge is -2.37. The van der Waals surface area contributed by atoms with Gasteiger partial charge < -0.3 is 19.0 Å². The maximum absolute atomic E-state index is 13.6. The zero-order valence-corrected chi connectivity index (χ0v) is 21.1. The summed E-state index contributed by atoms with van der Waals surface area (Å²) in [7, 11) is 0. The lowest BCUT2D eigenvalue weighted by molar-refractivity contribution is -0.144. The maximum atomic E-state index is 13.6. The Morgan fingerprint density at radius 3 is 2.66 bits per heavy atom. The van der Waals surface area contributed by atoms with Crippen LogP contribution < -0.4 is 4.74 Å². The van der Waals surface area contributed by atoms with Gasteiger partial charge in [-0.25, -0.2) is 0 Å². The Morgan fingerprint density at radius 2 is 1.97 bits per heavy atom. The van der Waals surface area contributed by atoms with Crippen molar-refractivity contribution in [2.45, 2.75) is 51.6 Å². The first-order valence-corrected chi connectivity index (χ1v) is 13.3. The van der Waals surface area contributed by atoms with Crippen LogP contribution in [0.3, 0.4) is 0 Å². The van der Waals surface area contributed by atoms with Gasteiger partial charge in [0.2, 0.25) is 11.8 Å². The van der Waals surface area contributed by atoms with E-state index in [1.165, 1.54) is 10.4 Å². The molecule has 0 radical (unpaired) electrons. The summed E-state index contributed by atoms with van der Waals surface area (Å²) in [5.41, 5.74) is 2.42. The van der Waals surface area contributed by atoms with Crippen LogP contribution in [0.2, 0.25) is 0 Å². The first-order chi connectivity index (χ1) is 17.0. The number of thiophene rings is 1. The molecule has 1 aromatic carbocycles. The fraction of sp³-hybridized carbons (Fsp3) is 0.429. The quantitative estimate of drug-likeness (QED) is 0.401. The van der Waals surface area contributed by atoms with Crippen LogP contribution in [0.4, 0.5) is 0 Å². The first kappa shape index (κ1) is 23.7. The van der Waals surface area contributed by atoms with E-state index in [1.807, 2.05) is 23.1 Å². The van der Waals surface area contributed by atoms with Gasteiger partial charge in [0.15, 0.2) is 0 Å². The minimum atomic E-state index is -0.177. The summed E-state index contributed by atoms with van der Waals surface area (Å²) in [5.74, 6) is 1.98. The summed E-state index contributed by atoms with van der Waals surface area (Å²) in [5, 5.41) is 2.09. The second-order valence-corrected chi connectivity index (χ2v) is 10.7. The topological polar surface area (TPSA) is 63.0 Å². The number of amides is 2. The van der Waals surface area contributed by atoms with Gasteiger partial charge >= 0.3 is 0 Å². The molecule has 1 aliphatic heterocycles. The zero-order valence-electron chi connectivity index (χ0n) is 20.3. The van der Waals surface area contributed by atoms with Gasteiger partial charge in [0.25, 0.3) is 0 Å². The molecule has 2 amide bonds. The Hall–Kier alpha value is -3.06. The number of rotatable bonds is 9. The molecule has 6 nitrogen and oxygen atoms in total. The van der Waals surface area contributed by atoms with E-state index in [4.69, 9.17) is 9.15 Å². The molecule has 2 aliphatic rings. The molecule has 1 fully saturated rings. The molecule has 3 aromatic rings. The third-order valence-electron chi connectivity index (χ3n) is 6.86. The average Bonchev–Trinajstić information content (AvgIpc) is 3.36. The Balaban J connectivity index is 1.31. The number of carbonyl (C=O) groups excluding carboxylic acids is 2. The second-order valence-electron chi connectivity index (χ2n) is 9.73. The Labute approximate surface area is 210 Å². The van der Waals surface area contributed by atoms with Crippen molar-refractivity contribution in [3.63, 3.8) is 0 Å². The summed E-state index contributed by atoms with van der Waals surface area (Å²) >= 11 is 1.73. The van der Waals surface area contributed by atoms with Crippen LogP contribution in [0.25, 0.3) is 0 Å². The molecule has 184 valence electrons. The normalized spacial score (nSPS) is 17.3. The molecule has 35 heavy (non-hydrogen) atoms. The number of hydrogen-bond donors (Lipinski definition) is 0. The Morgan fingerprint density at radius 1 is 1.17 bits per heavy atom. The van der Waals surface area contributed by atoms with E-state index in [1.54, 1.807) is 28.6 Å². The number of ether oxygens (including phenoxy) is 1. The molecular formula is C28H32N2O4S. The smallest absolute Gasteiger partial charge is 0.242 e. The second kappa shape index (κ2) is 10.3. The van der Waals surface area contributed by atoms with Crippen molar-refractivity contribution in [1.82, 2.24) is 9.80 Å². The highest BCUT2D eigenvalue weighted by Gasteiger charge is 2.37. The van der Waals surface area contributed by atoms with Crippen LogP contribution in [0, 0.1) is 5.92 Å². The molecule has 0 saturated heterocycles. The minimum absolute atomic E-state index is 0.0375. The molecule has 1 atom stereocenters. The summed E-state index contributed by atoms with van der Waals surface area (Å²) < 4.78 is 11.7. The standard InChI is InChI=1S/C28H32N2O4S/c1-19(2)20-7-9-22(10-8-20)34-18-25-24-12-15-35-26(24)11-13-30(25)27(31)17-29(28(32)21-5-6-21)16-23-4-3-14-33-23/h3-4,7-10,12,14-15,19,21,25H,5-6,11,13,16-18H2,1-2H3. The number of nitrogens with zero attached hydrogens (tertiary/aromatic N) is 2. The predicted molar refractivity (Wildman–Crippen MR) is 135 cm³/mol. The summed E-state index contributed by atoms with van der Waals surface area (Å²) in [6.45, 7) is 5.71. The lowest BCUT2D eigenvalue weighted by atomic mass is 10.00. The number of fused-ring (bicyclic) bond motifs is 1. The molecule has 2 aromatic heterocycles. The van der Waals surface area contributed by atoms with Crippen LogP contribution >= 0.6 is 11.3 Å². The van der Waals surface area contributed by atoms with Gasteiger partial charge in [0, 0.05) is 17.3 Å². The average molecular weight is 493 g/mol. The summed E-state index contributed by atoms with van der Waals surface area (Å²) in [6, 6.07) is 13.8. The van der Waals surface area contributed by atoms with Crippen molar-refractivity contribution in [2.24, 2.45) is 5.92 Å². The molecule has 0 N–H and O–H groups in total. The lowest BCUT2D eigenvalue weighted by Crippen LogP contribution is -2.47. The summed E-state index contributed by atoms with van der Waals surface area (Å²) in [6.07, 6.45) is 4.22. The number of furan rings is 1. The van der Waals surface area contributed by atoms with E-state index in [0.29, 0.717) is 31.4 Å². The van der Waals surface area contributed by atoms with Crippen molar-refractivity contribution in [1.29, 1.82) is 0 Å². The van der Waals surface area contributed by atoms with E-state index in [2.05, 4.69) is 37.4 Å². The van der Waals surface area contributed by atoms with Gasteiger partial charge in [-0.05, 0) is 72.0 Å². The first-order valence-electron chi connectivity index (χ1n) is 12.4. The van der Waals surface area contributed by atoms with Gasteiger partial charge in [-0.2, -0.15) is 0 Å². The van der Waals surface area contributed by atoms with Crippen LogP contribution in [-0.4, -0.2) is 41.3 Å². The third-order valence-corrected chi connectivity index (χ3v) is 7.86. The van der Waals surface area contributed by atoms with Gasteiger partial charge in [-0.15, -0.1) is 11.3 Å². The molecule has 1 saturated carbocycles. The number of benzene rings is 1. The largest absolute Gasteiger partial charge is 0.491 e. The van der Waals surface area contributed by atoms with Crippen molar-refractivity contribution < 1.29 is 18.7 Å². The number of carbonyl (C=O) groups is 2. The highest BCUT2D eigenvalue weighted by Crippen LogP contribution is 2.35. The van der Waals surface area contributed by atoms with Crippen molar-refractivity contribution in [3.8, 4) is 5.75 Å². The van der Waals surface area contributed by atoms with E-state index in [0.717, 1.165) is 30.6 Å². The third kappa shape index (κ3) is 5.45. The zero-order chi connectivity index (χ0) is 24.4. The molecule has 7 heteroatoms. The highest BCUT2D eigenvalue weighted by atomic mass is 32.1. The van der Waals surface area contributed by atoms with Gasteiger partial charge in [-0.3, -0.25) is 9.59 Å². The monoisotopic (exact) mass is 492 g/mol. The van der Waals surface area contributed by atoms with Crippen LogP contribution in [0.1, 0.15) is 60.4 Å². The van der Waals surface area contributed by atoms with Gasteiger partial charge in [0.05, 0.1) is 18.8 Å². The molecule has 3 heterocycles. The number of hydrogen-bond acceptors (Lipinski definition) is 5. The van der Waals surface area contributed by atoms with E-state index < -0.39 is 0 Å². The van der Waals surface area contributed by atoms with E-state index in [9.17, 15) is 9.59 Å². The maximum Gasteiger partial charge on any atom is 0.242 e.